The third kappa shape index (κ3) is 5.26. The van der Waals surface area contributed by atoms with Crippen LogP contribution in [0.1, 0.15) is 38.4 Å². The van der Waals surface area contributed by atoms with Gasteiger partial charge in [0.2, 0.25) is 5.95 Å². The van der Waals surface area contributed by atoms with Crippen molar-refractivity contribution in [2.45, 2.75) is 39.0 Å². The van der Waals surface area contributed by atoms with E-state index in [0.717, 1.165) is 29.1 Å². The quantitative estimate of drug-likeness (QED) is 0.349. The number of Topliss-reactive ketones (excluding diaryl/α,β-unsaturated/α-hetero) is 1. The van der Waals surface area contributed by atoms with Crippen LogP contribution >= 0.6 is 0 Å². The number of hydrogen-bond donors (Lipinski definition) is 1. The van der Waals surface area contributed by atoms with Crippen LogP contribution < -0.4 is 10.1 Å². The highest BCUT2D eigenvalue weighted by Gasteiger charge is 2.24. The fourth-order valence-corrected chi connectivity index (χ4v) is 4.41. The first-order valence-corrected chi connectivity index (χ1v) is 12.3. The highest BCUT2D eigenvalue weighted by molar-refractivity contribution is 5.83. The Balaban J connectivity index is 1.32. The summed E-state index contributed by atoms with van der Waals surface area (Å²) in [6.45, 7) is 7.78. The molecule has 4 aromatic rings. The number of fused-ring (bicyclic) bond motifs is 1. The molecule has 1 aliphatic heterocycles. The van der Waals surface area contributed by atoms with Crippen LogP contribution in [0.4, 0.5) is 11.6 Å². The maximum Gasteiger partial charge on any atom is 0.208 e. The number of rotatable bonds is 7. The van der Waals surface area contributed by atoms with Gasteiger partial charge in [-0.1, -0.05) is 32.9 Å². The molecule has 0 amide bonds. The lowest BCUT2D eigenvalue weighted by Crippen LogP contribution is -2.17. The van der Waals surface area contributed by atoms with Crippen molar-refractivity contribution in [3.8, 4) is 11.5 Å². The minimum atomic E-state index is -0.0262. The van der Waals surface area contributed by atoms with E-state index in [1.54, 1.807) is 12.3 Å². The summed E-state index contributed by atoms with van der Waals surface area (Å²) >= 11 is 0. The maximum absolute atomic E-state index is 12.5. The summed E-state index contributed by atoms with van der Waals surface area (Å²) in [6.07, 6.45) is 2.75. The predicted molar refractivity (Wildman–Crippen MR) is 141 cm³/mol. The van der Waals surface area contributed by atoms with Crippen molar-refractivity contribution in [3.63, 3.8) is 0 Å². The average Bonchev–Trinajstić information content (AvgIpc) is 3.48. The van der Waals surface area contributed by atoms with Crippen molar-refractivity contribution < 1.29 is 14.3 Å². The SMILES string of the molecule is Cn1c(Nc2cccc(C(C)(C)C)c2)nc2cc(Oc3ccnc(CC(=O)C4CCOC4)c3)ccc21. The lowest BCUT2D eigenvalue weighted by Gasteiger charge is -2.20. The Morgan fingerprint density at radius 1 is 1.14 bits per heavy atom. The predicted octanol–water partition coefficient (Wildman–Crippen LogP) is 5.95. The van der Waals surface area contributed by atoms with Crippen molar-refractivity contribution in [1.29, 1.82) is 0 Å². The number of carbonyl (C=O) groups excluding carboxylic acids is 1. The molecule has 1 aliphatic rings. The van der Waals surface area contributed by atoms with Crippen LogP contribution in [0.2, 0.25) is 0 Å². The van der Waals surface area contributed by atoms with Crippen LogP contribution in [0.5, 0.6) is 11.5 Å². The van der Waals surface area contributed by atoms with Crippen molar-refractivity contribution in [2.24, 2.45) is 13.0 Å². The molecule has 7 heteroatoms. The van der Waals surface area contributed by atoms with Gasteiger partial charge >= 0.3 is 0 Å². The number of aromatic nitrogens is 3. The largest absolute Gasteiger partial charge is 0.457 e. The van der Waals surface area contributed by atoms with Crippen molar-refractivity contribution in [2.75, 3.05) is 18.5 Å². The average molecular weight is 485 g/mol. The molecule has 1 unspecified atom stereocenters. The van der Waals surface area contributed by atoms with Gasteiger partial charge in [-0.05, 0) is 47.7 Å². The van der Waals surface area contributed by atoms with Crippen LogP contribution in [-0.2, 0) is 28.4 Å². The smallest absolute Gasteiger partial charge is 0.208 e. The molecule has 0 aliphatic carbocycles. The van der Waals surface area contributed by atoms with Crippen molar-refractivity contribution in [1.82, 2.24) is 14.5 Å². The zero-order valence-electron chi connectivity index (χ0n) is 21.2. The van der Waals surface area contributed by atoms with Crippen LogP contribution in [0, 0.1) is 5.92 Å². The molecule has 0 saturated carbocycles. The van der Waals surface area contributed by atoms with Gasteiger partial charge in [-0.15, -0.1) is 0 Å². The number of imidazole rings is 1. The number of pyridine rings is 1. The number of ketones is 1. The number of benzene rings is 2. The lowest BCUT2D eigenvalue weighted by atomic mass is 9.87. The van der Waals surface area contributed by atoms with E-state index in [4.69, 9.17) is 14.5 Å². The van der Waals surface area contributed by atoms with Crippen molar-refractivity contribution in [3.05, 3.63) is 72.1 Å². The van der Waals surface area contributed by atoms with E-state index in [9.17, 15) is 4.79 Å². The molecular formula is C29H32N4O3. The first-order valence-electron chi connectivity index (χ1n) is 12.3. The summed E-state index contributed by atoms with van der Waals surface area (Å²) in [5.74, 6) is 2.22. The van der Waals surface area contributed by atoms with Gasteiger partial charge in [0.1, 0.15) is 17.3 Å². The summed E-state index contributed by atoms with van der Waals surface area (Å²) in [7, 11) is 1.99. The van der Waals surface area contributed by atoms with Crippen LogP contribution in [-0.4, -0.2) is 33.5 Å². The number of hydrogen-bond acceptors (Lipinski definition) is 6. The molecule has 5 rings (SSSR count). The molecule has 1 fully saturated rings. The zero-order valence-corrected chi connectivity index (χ0v) is 21.2. The number of anilines is 2. The van der Waals surface area contributed by atoms with Crippen molar-refractivity contribution >= 4 is 28.5 Å². The Morgan fingerprint density at radius 2 is 1.97 bits per heavy atom. The van der Waals surface area contributed by atoms with E-state index >= 15 is 0 Å². The number of ether oxygens (including phenoxy) is 2. The normalized spacial score (nSPS) is 15.8. The third-order valence-corrected chi connectivity index (χ3v) is 6.60. The van der Waals surface area contributed by atoms with Gasteiger partial charge in [0.05, 0.1) is 23.3 Å². The molecular weight excluding hydrogens is 452 g/mol. The molecule has 36 heavy (non-hydrogen) atoms. The number of aryl methyl sites for hydroxylation is 1. The van der Waals surface area contributed by atoms with E-state index in [1.807, 2.05) is 35.9 Å². The Kier molecular flexibility index (Phi) is 6.49. The van der Waals surface area contributed by atoms with Gasteiger partial charge in [0.15, 0.2) is 0 Å². The molecule has 2 aromatic carbocycles. The second kappa shape index (κ2) is 9.74. The molecule has 1 saturated heterocycles. The molecule has 186 valence electrons. The first-order chi connectivity index (χ1) is 17.3. The Labute approximate surface area is 211 Å². The third-order valence-electron chi connectivity index (χ3n) is 6.60. The molecule has 0 bridgehead atoms. The maximum atomic E-state index is 12.5. The van der Waals surface area contributed by atoms with E-state index < -0.39 is 0 Å². The molecule has 0 radical (unpaired) electrons. The Morgan fingerprint density at radius 3 is 2.75 bits per heavy atom. The molecule has 1 atom stereocenters. The molecule has 2 aromatic heterocycles. The number of nitrogens with zero attached hydrogens (tertiary/aromatic N) is 3. The van der Waals surface area contributed by atoms with E-state index in [1.165, 1.54) is 5.56 Å². The summed E-state index contributed by atoms with van der Waals surface area (Å²) in [4.78, 5) is 21.6. The van der Waals surface area contributed by atoms with Gasteiger partial charge in [-0.2, -0.15) is 0 Å². The second-order valence-corrected chi connectivity index (χ2v) is 10.4. The Bertz CT molecular complexity index is 1400. The van der Waals surface area contributed by atoms with E-state index in [0.29, 0.717) is 30.4 Å². The highest BCUT2D eigenvalue weighted by atomic mass is 16.5. The van der Waals surface area contributed by atoms with Gasteiger partial charge < -0.3 is 19.4 Å². The summed E-state index contributed by atoms with van der Waals surface area (Å²) in [6, 6.07) is 17.9. The van der Waals surface area contributed by atoms with E-state index in [2.05, 4.69) is 55.3 Å². The monoisotopic (exact) mass is 484 g/mol. The van der Waals surface area contributed by atoms with E-state index in [-0.39, 0.29) is 23.5 Å². The second-order valence-electron chi connectivity index (χ2n) is 10.4. The summed E-state index contributed by atoms with van der Waals surface area (Å²) in [5, 5.41) is 3.45. The fourth-order valence-electron chi connectivity index (χ4n) is 4.41. The minimum Gasteiger partial charge on any atom is -0.457 e. The van der Waals surface area contributed by atoms with Gasteiger partial charge in [0.25, 0.3) is 0 Å². The first kappa shape index (κ1) is 24.0. The van der Waals surface area contributed by atoms with Gasteiger partial charge in [-0.3, -0.25) is 9.78 Å². The summed E-state index contributed by atoms with van der Waals surface area (Å²) in [5.41, 5.74) is 4.86. The molecule has 3 heterocycles. The molecule has 0 spiro atoms. The van der Waals surface area contributed by atoms with Crippen LogP contribution in [0.15, 0.2) is 60.8 Å². The zero-order chi connectivity index (χ0) is 25.3. The van der Waals surface area contributed by atoms with Crippen LogP contribution in [0.25, 0.3) is 11.0 Å². The van der Waals surface area contributed by atoms with Crippen LogP contribution in [0.3, 0.4) is 0 Å². The number of nitrogens with one attached hydrogen (secondary N) is 1. The standard InChI is InChI=1S/C29H32N4O3/c1-29(2,3)20-6-5-7-21(14-20)31-28-32-25-17-23(8-9-26(25)33(28)4)36-24-10-12-30-22(15-24)16-27(34)19-11-13-35-18-19/h5-10,12,14-15,17,19H,11,13,16,18H2,1-4H3,(H,31,32). The highest BCUT2D eigenvalue weighted by Crippen LogP contribution is 2.30. The fraction of sp³-hybridized carbons (Fsp3) is 0.345. The lowest BCUT2D eigenvalue weighted by molar-refractivity contribution is -0.122. The Hall–Kier alpha value is -3.71. The molecule has 7 nitrogen and oxygen atoms in total. The minimum absolute atomic E-state index is 0.0262. The summed E-state index contributed by atoms with van der Waals surface area (Å²) < 4.78 is 13.5. The molecule has 1 N–H and O–H groups in total. The van der Waals surface area contributed by atoms with Gasteiger partial charge in [0, 0.05) is 50.0 Å². The topological polar surface area (TPSA) is 78.3 Å². The number of carbonyl (C=O) groups is 1. The van der Waals surface area contributed by atoms with Gasteiger partial charge in [-0.25, -0.2) is 4.98 Å².